The summed E-state index contributed by atoms with van der Waals surface area (Å²) in [5, 5.41) is 4.41. The molecule has 0 aromatic heterocycles. The fraction of sp³-hybridized carbons (Fsp3) is 0.364. The Balaban J connectivity index is 2.08. The van der Waals surface area contributed by atoms with Crippen molar-refractivity contribution in [3.05, 3.63) is 27.8 Å². The van der Waals surface area contributed by atoms with Crippen molar-refractivity contribution in [3.8, 4) is 0 Å². The zero-order valence-corrected chi connectivity index (χ0v) is 11.5. The minimum Gasteiger partial charge on any atom is -0.335 e. The number of thioether (sulfide) groups is 1. The monoisotopic (exact) mass is 332 g/mol. The number of nitrogens with one attached hydrogen (secondary N) is 1. The van der Waals surface area contributed by atoms with Crippen molar-refractivity contribution in [2.24, 2.45) is 4.99 Å². The molecule has 1 aromatic rings. The second kappa shape index (κ2) is 5.21. The van der Waals surface area contributed by atoms with Crippen LogP contribution in [0.5, 0.6) is 0 Å². The SMILES string of the molecule is CC1CCSC(Nc2cccc(I)c2)=N1. The zero-order valence-electron chi connectivity index (χ0n) is 8.53. The lowest BCUT2D eigenvalue weighted by atomic mass is 10.3. The molecule has 1 N–H and O–H groups in total. The highest BCUT2D eigenvalue weighted by molar-refractivity contribution is 14.1. The van der Waals surface area contributed by atoms with Crippen LogP contribution in [0.3, 0.4) is 0 Å². The lowest BCUT2D eigenvalue weighted by Crippen LogP contribution is -2.17. The first kappa shape index (κ1) is 11.3. The van der Waals surface area contributed by atoms with Gasteiger partial charge < -0.3 is 5.32 Å². The number of halogens is 1. The highest BCUT2D eigenvalue weighted by atomic mass is 127. The molecule has 0 amide bonds. The Morgan fingerprint density at radius 1 is 1.53 bits per heavy atom. The highest BCUT2D eigenvalue weighted by Gasteiger charge is 2.11. The topological polar surface area (TPSA) is 24.4 Å². The number of amidine groups is 1. The Bertz CT molecular complexity index is 379. The number of anilines is 1. The smallest absolute Gasteiger partial charge is 0.161 e. The third-order valence-electron chi connectivity index (χ3n) is 2.19. The van der Waals surface area contributed by atoms with Gasteiger partial charge in [0.1, 0.15) is 0 Å². The molecule has 1 aliphatic heterocycles. The van der Waals surface area contributed by atoms with Crippen molar-refractivity contribution in [1.29, 1.82) is 0 Å². The van der Waals surface area contributed by atoms with Gasteiger partial charge in [-0.05, 0) is 54.1 Å². The molecule has 0 saturated carbocycles. The van der Waals surface area contributed by atoms with Crippen LogP contribution in [0.2, 0.25) is 0 Å². The van der Waals surface area contributed by atoms with E-state index in [1.165, 1.54) is 9.99 Å². The third kappa shape index (κ3) is 3.38. The maximum Gasteiger partial charge on any atom is 0.161 e. The number of aliphatic imine (C=N–C) groups is 1. The van der Waals surface area contributed by atoms with E-state index in [9.17, 15) is 0 Å². The summed E-state index contributed by atoms with van der Waals surface area (Å²) in [5.41, 5.74) is 1.13. The second-order valence-electron chi connectivity index (χ2n) is 3.56. The van der Waals surface area contributed by atoms with Crippen molar-refractivity contribution in [1.82, 2.24) is 0 Å². The van der Waals surface area contributed by atoms with Crippen molar-refractivity contribution in [3.63, 3.8) is 0 Å². The average molecular weight is 332 g/mol. The number of benzene rings is 1. The predicted octanol–water partition coefficient (Wildman–Crippen LogP) is 3.58. The van der Waals surface area contributed by atoms with E-state index in [0.29, 0.717) is 6.04 Å². The van der Waals surface area contributed by atoms with Crippen molar-refractivity contribution >= 4 is 45.2 Å². The van der Waals surface area contributed by atoms with E-state index >= 15 is 0 Å². The van der Waals surface area contributed by atoms with Crippen LogP contribution in [-0.2, 0) is 0 Å². The van der Waals surface area contributed by atoms with E-state index in [0.717, 1.165) is 16.6 Å². The summed E-state index contributed by atoms with van der Waals surface area (Å²) in [6, 6.07) is 8.80. The van der Waals surface area contributed by atoms with Crippen LogP contribution in [-0.4, -0.2) is 17.0 Å². The zero-order chi connectivity index (χ0) is 10.7. The van der Waals surface area contributed by atoms with Gasteiger partial charge in [0.05, 0.1) is 6.04 Å². The summed E-state index contributed by atoms with van der Waals surface area (Å²) in [5.74, 6) is 1.16. The first-order valence-electron chi connectivity index (χ1n) is 4.97. The Morgan fingerprint density at radius 2 is 2.40 bits per heavy atom. The number of rotatable bonds is 1. The lowest BCUT2D eigenvalue weighted by molar-refractivity contribution is 0.720. The van der Waals surface area contributed by atoms with Gasteiger partial charge in [-0.3, -0.25) is 4.99 Å². The molecule has 1 aliphatic rings. The lowest BCUT2D eigenvalue weighted by Gasteiger charge is -2.17. The Hall–Kier alpha value is -0.230. The van der Waals surface area contributed by atoms with Gasteiger partial charge in [0.15, 0.2) is 5.17 Å². The molecule has 0 radical (unpaired) electrons. The molecule has 1 aromatic carbocycles. The van der Waals surface area contributed by atoms with E-state index in [4.69, 9.17) is 0 Å². The maximum atomic E-state index is 4.57. The van der Waals surface area contributed by atoms with Gasteiger partial charge in [0, 0.05) is 15.0 Å². The number of hydrogen-bond acceptors (Lipinski definition) is 3. The Kier molecular flexibility index (Phi) is 3.91. The van der Waals surface area contributed by atoms with Gasteiger partial charge in [-0.15, -0.1) is 0 Å². The summed E-state index contributed by atoms with van der Waals surface area (Å²) in [6.07, 6.45) is 1.18. The average Bonchev–Trinajstić information content (AvgIpc) is 2.17. The van der Waals surface area contributed by atoms with Gasteiger partial charge >= 0.3 is 0 Å². The summed E-state index contributed by atoms with van der Waals surface area (Å²) in [7, 11) is 0. The Morgan fingerprint density at radius 3 is 3.13 bits per heavy atom. The second-order valence-corrected chi connectivity index (χ2v) is 5.89. The molecule has 1 unspecified atom stereocenters. The van der Waals surface area contributed by atoms with E-state index in [-0.39, 0.29) is 0 Å². The fourth-order valence-corrected chi connectivity index (χ4v) is 3.03. The molecule has 1 atom stereocenters. The van der Waals surface area contributed by atoms with E-state index in [1.807, 2.05) is 0 Å². The van der Waals surface area contributed by atoms with Crippen LogP contribution in [0.1, 0.15) is 13.3 Å². The molecule has 0 saturated heterocycles. The van der Waals surface area contributed by atoms with Gasteiger partial charge in [-0.2, -0.15) is 0 Å². The van der Waals surface area contributed by atoms with Gasteiger partial charge in [0.2, 0.25) is 0 Å². The molecule has 4 heteroatoms. The maximum absolute atomic E-state index is 4.57. The summed E-state index contributed by atoms with van der Waals surface area (Å²) < 4.78 is 1.24. The van der Waals surface area contributed by atoms with E-state index in [2.05, 4.69) is 64.1 Å². The standard InChI is InChI=1S/C11H13IN2S/c1-8-5-6-15-11(13-8)14-10-4-2-3-9(12)7-10/h2-4,7-8H,5-6H2,1H3,(H,13,14). The van der Waals surface area contributed by atoms with Crippen LogP contribution >= 0.6 is 34.4 Å². The van der Waals surface area contributed by atoms with E-state index < -0.39 is 0 Å². The fourth-order valence-electron chi connectivity index (χ4n) is 1.39. The minimum atomic E-state index is 0.455. The molecule has 0 spiro atoms. The summed E-state index contributed by atoms with van der Waals surface area (Å²) in [4.78, 5) is 4.57. The first-order valence-corrected chi connectivity index (χ1v) is 7.03. The van der Waals surface area contributed by atoms with Gasteiger partial charge in [0.25, 0.3) is 0 Å². The molecule has 2 nitrogen and oxygen atoms in total. The molecule has 2 rings (SSSR count). The molecule has 1 heterocycles. The number of hydrogen-bond donors (Lipinski definition) is 1. The molecule has 15 heavy (non-hydrogen) atoms. The molecule has 0 bridgehead atoms. The number of nitrogens with zero attached hydrogens (tertiary/aromatic N) is 1. The largest absolute Gasteiger partial charge is 0.335 e. The van der Waals surface area contributed by atoms with Crippen LogP contribution in [0.15, 0.2) is 29.3 Å². The van der Waals surface area contributed by atoms with Crippen LogP contribution < -0.4 is 5.32 Å². The van der Waals surface area contributed by atoms with Crippen LogP contribution in [0.25, 0.3) is 0 Å². The van der Waals surface area contributed by atoms with Gasteiger partial charge in [-0.1, -0.05) is 17.8 Å². The normalized spacial score (nSPS) is 20.9. The molecular formula is C11H13IN2S. The predicted molar refractivity (Wildman–Crippen MR) is 76.8 cm³/mol. The van der Waals surface area contributed by atoms with Crippen LogP contribution in [0.4, 0.5) is 5.69 Å². The van der Waals surface area contributed by atoms with Crippen molar-refractivity contribution in [2.75, 3.05) is 11.1 Å². The third-order valence-corrected chi connectivity index (χ3v) is 3.78. The molecule has 0 fully saturated rings. The Labute approximate surface area is 108 Å². The molecule has 80 valence electrons. The van der Waals surface area contributed by atoms with E-state index in [1.54, 1.807) is 11.8 Å². The first-order chi connectivity index (χ1) is 7.24. The van der Waals surface area contributed by atoms with Gasteiger partial charge in [-0.25, -0.2) is 0 Å². The molecule has 0 aliphatic carbocycles. The van der Waals surface area contributed by atoms with Crippen LogP contribution in [0, 0.1) is 3.57 Å². The van der Waals surface area contributed by atoms with Crippen molar-refractivity contribution in [2.45, 2.75) is 19.4 Å². The summed E-state index contributed by atoms with van der Waals surface area (Å²) >= 11 is 4.12. The molecular weight excluding hydrogens is 319 g/mol. The minimum absolute atomic E-state index is 0.455. The highest BCUT2D eigenvalue weighted by Crippen LogP contribution is 2.20. The quantitative estimate of drug-likeness (QED) is 0.795. The summed E-state index contributed by atoms with van der Waals surface area (Å²) in [6.45, 7) is 2.16. The van der Waals surface area contributed by atoms with Crippen molar-refractivity contribution < 1.29 is 0 Å².